The van der Waals surface area contributed by atoms with E-state index in [-0.39, 0.29) is 6.04 Å². The zero-order valence-electron chi connectivity index (χ0n) is 10.0. The molecule has 0 saturated heterocycles. The molecule has 1 heterocycles. The summed E-state index contributed by atoms with van der Waals surface area (Å²) in [6, 6.07) is 8.61. The Kier molecular flexibility index (Phi) is 3.67. The Hall–Kier alpha value is -1.81. The highest BCUT2D eigenvalue weighted by atomic mass is 19.1. The Balaban J connectivity index is 2.18. The van der Waals surface area contributed by atoms with Crippen LogP contribution in [0.15, 0.2) is 36.4 Å². The van der Waals surface area contributed by atoms with Gasteiger partial charge in [-0.15, -0.1) is 0 Å². The van der Waals surface area contributed by atoms with Crippen molar-refractivity contribution in [3.05, 3.63) is 65.0 Å². The van der Waals surface area contributed by atoms with E-state index in [4.69, 9.17) is 5.73 Å². The molecule has 0 aliphatic carbocycles. The number of hydrogen-bond acceptors (Lipinski definition) is 2. The highest BCUT2D eigenvalue weighted by Crippen LogP contribution is 2.16. The number of aryl methyl sites for hydroxylation is 1. The molecule has 0 amide bonds. The maximum atomic E-state index is 13.0. The molecule has 0 aliphatic heterocycles. The normalized spacial score (nSPS) is 12.4. The van der Waals surface area contributed by atoms with Crippen molar-refractivity contribution < 1.29 is 8.78 Å². The van der Waals surface area contributed by atoms with E-state index < -0.39 is 11.6 Å². The van der Waals surface area contributed by atoms with Crippen molar-refractivity contribution in [1.29, 1.82) is 0 Å². The first-order valence-corrected chi connectivity index (χ1v) is 5.69. The van der Waals surface area contributed by atoms with Crippen LogP contribution in [0, 0.1) is 18.6 Å². The van der Waals surface area contributed by atoms with Crippen molar-refractivity contribution in [2.45, 2.75) is 19.4 Å². The third-order valence-electron chi connectivity index (χ3n) is 2.67. The van der Waals surface area contributed by atoms with Gasteiger partial charge in [0, 0.05) is 11.8 Å². The lowest BCUT2D eigenvalue weighted by Gasteiger charge is -2.12. The number of nitrogens with zero attached hydrogens (tertiary/aromatic N) is 1. The predicted molar refractivity (Wildman–Crippen MR) is 66.0 cm³/mol. The maximum absolute atomic E-state index is 13.0. The van der Waals surface area contributed by atoms with Gasteiger partial charge in [0.2, 0.25) is 0 Å². The number of rotatable bonds is 3. The summed E-state index contributed by atoms with van der Waals surface area (Å²) in [5, 5.41) is 0. The van der Waals surface area contributed by atoms with Crippen LogP contribution in [-0.2, 0) is 6.42 Å². The van der Waals surface area contributed by atoms with E-state index in [1.165, 1.54) is 12.1 Å². The van der Waals surface area contributed by atoms with Gasteiger partial charge >= 0.3 is 0 Å². The Labute approximate surface area is 104 Å². The second kappa shape index (κ2) is 5.23. The SMILES string of the molecule is Cc1cccc(C(N)Cc2cc(F)cc(F)c2)n1. The molecule has 0 aliphatic rings. The zero-order valence-corrected chi connectivity index (χ0v) is 10.0. The molecule has 0 spiro atoms. The van der Waals surface area contributed by atoms with Gasteiger partial charge in [0.05, 0.1) is 11.7 Å². The quantitative estimate of drug-likeness (QED) is 0.907. The first kappa shape index (κ1) is 12.6. The highest BCUT2D eigenvalue weighted by molar-refractivity contribution is 5.22. The second-order valence-electron chi connectivity index (χ2n) is 4.29. The van der Waals surface area contributed by atoms with E-state index in [9.17, 15) is 8.78 Å². The Bertz CT molecular complexity index is 535. The third kappa shape index (κ3) is 3.11. The number of nitrogens with two attached hydrogens (primary N) is 1. The van der Waals surface area contributed by atoms with Crippen LogP contribution >= 0.6 is 0 Å². The fourth-order valence-corrected chi connectivity index (χ4v) is 1.86. The van der Waals surface area contributed by atoms with Crippen LogP contribution in [0.5, 0.6) is 0 Å². The lowest BCUT2D eigenvalue weighted by atomic mass is 10.0. The van der Waals surface area contributed by atoms with Gasteiger partial charge in [0.25, 0.3) is 0 Å². The standard InChI is InChI=1S/C14H14F2N2/c1-9-3-2-4-14(18-9)13(17)7-10-5-11(15)8-12(16)6-10/h2-6,8,13H,7,17H2,1H3. The first-order chi connectivity index (χ1) is 8.54. The van der Waals surface area contributed by atoms with E-state index in [0.29, 0.717) is 12.0 Å². The Morgan fingerprint density at radius 3 is 2.44 bits per heavy atom. The van der Waals surface area contributed by atoms with Crippen molar-refractivity contribution >= 4 is 0 Å². The van der Waals surface area contributed by atoms with E-state index in [2.05, 4.69) is 4.98 Å². The van der Waals surface area contributed by atoms with Gasteiger partial charge in [-0.1, -0.05) is 6.07 Å². The molecule has 94 valence electrons. The number of hydrogen-bond donors (Lipinski definition) is 1. The summed E-state index contributed by atoms with van der Waals surface area (Å²) >= 11 is 0. The molecular weight excluding hydrogens is 234 g/mol. The van der Waals surface area contributed by atoms with Gasteiger partial charge in [-0.25, -0.2) is 8.78 Å². The van der Waals surface area contributed by atoms with Gasteiger partial charge < -0.3 is 5.73 Å². The monoisotopic (exact) mass is 248 g/mol. The number of pyridine rings is 1. The minimum Gasteiger partial charge on any atom is -0.322 e. The van der Waals surface area contributed by atoms with Crippen LogP contribution in [0.25, 0.3) is 0 Å². The largest absolute Gasteiger partial charge is 0.322 e. The van der Waals surface area contributed by atoms with Crippen molar-refractivity contribution in [1.82, 2.24) is 4.98 Å². The summed E-state index contributed by atoms with van der Waals surface area (Å²) in [5.41, 5.74) is 8.11. The molecule has 2 N–H and O–H groups in total. The first-order valence-electron chi connectivity index (χ1n) is 5.69. The van der Waals surface area contributed by atoms with E-state index in [1.807, 2.05) is 25.1 Å². The molecule has 0 bridgehead atoms. The summed E-state index contributed by atoms with van der Waals surface area (Å²) in [7, 11) is 0. The summed E-state index contributed by atoms with van der Waals surface area (Å²) in [4.78, 5) is 4.30. The molecule has 4 heteroatoms. The van der Waals surface area contributed by atoms with Crippen LogP contribution in [-0.4, -0.2) is 4.98 Å². The van der Waals surface area contributed by atoms with Crippen LogP contribution in [0.3, 0.4) is 0 Å². The molecule has 1 atom stereocenters. The molecule has 1 unspecified atom stereocenters. The fraction of sp³-hybridized carbons (Fsp3) is 0.214. The van der Waals surface area contributed by atoms with Crippen LogP contribution in [0.1, 0.15) is 23.0 Å². The average molecular weight is 248 g/mol. The number of benzene rings is 1. The lowest BCUT2D eigenvalue weighted by Crippen LogP contribution is -2.15. The minimum atomic E-state index is -0.589. The highest BCUT2D eigenvalue weighted by Gasteiger charge is 2.10. The van der Waals surface area contributed by atoms with Gasteiger partial charge in [0.1, 0.15) is 11.6 Å². The predicted octanol–water partition coefficient (Wildman–Crippen LogP) is 2.91. The number of aromatic nitrogens is 1. The van der Waals surface area contributed by atoms with E-state index >= 15 is 0 Å². The fourth-order valence-electron chi connectivity index (χ4n) is 1.86. The molecule has 2 aromatic rings. The van der Waals surface area contributed by atoms with Crippen LogP contribution in [0.2, 0.25) is 0 Å². The number of halogens is 2. The van der Waals surface area contributed by atoms with E-state index in [1.54, 1.807) is 0 Å². The summed E-state index contributed by atoms with van der Waals surface area (Å²) in [5.74, 6) is -1.18. The molecule has 18 heavy (non-hydrogen) atoms. The smallest absolute Gasteiger partial charge is 0.126 e. The summed E-state index contributed by atoms with van der Waals surface area (Å²) < 4.78 is 26.1. The second-order valence-corrected chi connectivity index (χ2v) is 4.29. The van der Waals surface area contributed by atoms with Gasteiger partial charge in [-0.05, 0) is 43.2 Å². The van der Waals surface area contributed by atoms with Gasteiger partial charge in [0.15, 0.2) is 0 Å². The van der Waals surface area contributed by atoms with Crippen LogP contribution < -0.4 is 5.73 Å². The molecule has 2 nitrogen and oxygen atoms in total. The van der Waals surface area contributed by atoms with E-state index in [0.717, 1.165) is 17.5 Å². The zero-order chi connectivity index (χ0) is 13.1. The van der Waals surface area contributed by atoms with Crippen LogP contribution in [0.4, 0.5) is 8.78 Å². The molecule has 1 aromatic heterocycles. The summed E-state index contributed by atoms with van der Waals surface area (Å²) in [6.45, 7) is 1.87. The Morgan fingerprint density at radius 2 is 1.83 bits per heavy atom. The molecule has 0 fully saturated rings. The molecular formula is C14H14F2N2. The summed E-state index contributed by atoms with van der Waals surface area (Å²) in [6.07, 6.45) is 0.352. The van der Waals surface area contributed by atoms with Crippen molar-refractivity contribution in [2.24, 2.45) is 5.73 Å². The minimum absolute atomic E-state index is 0.352. The molecule has 2 rings (SSSR count). The topological polar surface area (TPSA) is 38.9 Å². The van der Waals surface area contributed by atoms with Gasteiger partial charge in [-0.2, -0.15) is 0 Å². The van der Waals surface area contributed by atoms with Crippen molar-refractivity contribution in [3.8, 4) is 0 Å². The third-order valence-corrected chi connectivity index (χ3v) is 2.67. The Morgan fingerprint density at radius 1 is 1.17 bits per heavy atom. The van der Waals surface area contributed by atoms with Crippen molar-refractivity contribution in [2.75, 3.05) is 0 Å². The maximum Gasteiger partial charge on any atom is 0.126 e. The molecule has 0 saturated carbocycles. The lowest BCUT2D eigenvalue weighted by molar-refractivity contribution is 0.575. The molecule has 0 radical (unpaired) electrons. The molecule has 1 aromatic carbocycles. The van der Waals surface area contributed by atoms with Crippen molar-refractivity contribution in [3.63, 3.8) is 0 Å². The van der Waals surface area contributed by atoms with Gasteiger partial charge in [-0.3, -0.25) is 4.98 Å². The average Bonchev–Trinajstić information content (AvgIpc) is 2.27.